The summed E-state index contributed by atoms with van der Waals surface area (Å²) in [6.45, 7) is 0. The number of hydrogen-bond acceptors (Lipinski definition) is 4. The van der Waals surface area contributed by atoms with Crippen LogP contribution in [0.3, 0.4) is 0 Å². The monoisotopic (exact) mass is 243 g/mol. The predicted molar refractivity (Wildman–Crippen MR) is 71.4 cm³/mol. The largest absolute Gasteiger partial charge is 0.391 e. The van der Waals surface area contributed by atoms with Gasteiger partial charge in [0.25, 0.3) is 0 Å². The third-order valence-electron chi connectivity index (χ3n) is 3.62. The molecule has 2 atom stereocenters. The Morgan fingerprint density at radius 2 is 2.00 bits per heavy atom. The first-order valence-electron chi connectivity index (χ1n) is 6.49. The van der Waals surface area contributed by atoms with E-state index in [-0.39, 0.29) is 12.1 Å². The van der Waals surface area contributed by atoms with Crippen LogP contribution in [-0.4, -0.2) is 27.4 Å². The molecule has 4 nitrogen and oxygen atoms in total. The summed E-state index contributed by atoms with van der Waals surface area (Å²) < 4.78 is 0. The van der Waals surface area contributed by atoms with Crippen LogP contribution in [0.4, 0.5) is 5.82 Å². The Morgan fingerprint density at radius 1 is 1.17 bits per heavy atom. The molecule has 1 fully saturated rings. The van der Waals surface area contributed by atoms with Crippen LogP contribution in [0.2, 0.25) is 0 Å². The van der Waals surface area contributed by atoms with Crippen LogP contribution >= 0.6 is 0 Å². The molecule has 0 amide bonds. The van der Waals surface area contributed by atoms with Gasteiger partial charge >= 0.3 is 0 Å². The number of nitrogens with one attached hydrogen (secondary N) is 1. The summed E-state index contributed by atoms with van der Waals surface area (Å²) in [5, 5.41) is 23.6. The maximum absolute atomic E-state index is 9.99. The van der Waals surface area contributed by atoms with Gasteiger partial charge in [-0.1, -0.05) is 37.1 Å². The fraction of sp³-hybridized carbons (Fsp3) is 0.429. The van der Waals surface area contributed by atoms with Crippen molar-refractivity contribution >= 4 is 16.6 Å². The standard InChI is InChI=1S/C14H17N3O/c18-13-8-4-3-7-12(13)16-14-11-6-2-1-5-10(11)9-15-17-14/h1-2,5-6,9,12-13,18H,3-4,7-8H2,(H,16,17). The Bertz CT molecular complexity index is 538. The zero-order valence-corrected chi connectivity index (χ0v) is 10.2. The molecule has 94 valence electrons. The molecule has 0 saturated heterocycles. The van der Waals surface area contributed by atoms with Crippen LogP contribution in [0, 0.1) is 0 Å². The van der Waals surface area contributed by atoms with E-state index in [2.05, 4.69) is 15.5 Å². The third-order valence-corrected chi connectivity index (χ3v) is 3.62. The quantitative estimate of drug-likeness (QED) is 0.850. The van der Waals surface area contributed by atoms with Gasteiger partial charge in [-0.2, -0.15) is 5.10 Å². The molecule has 0 aliphatic heterocycles. The van der Waals surface area contributed by atoms with Gasteiger partial charge in [0.15, 0.2) is 5.82 Å². The molecule has 1 aromatic heterocycles. The Kier molecular flexibility index (Phi) is 3.11. The first-order valence-corrected chi connectivity index (χ1v) is 6.49. The molecule has 1 aliphatic carbocycles. The molecule has 2 unspecified atom stereocenters. The second-order valence-electron chi connectivity index (χ2n) is 4.88. The molecule has 0 bridgehead atoms. The molecule has 1 aromatic carbocycles. The smallest absolute Gasteiger partial charge is 0.156 e. The molecule has 2 N–H and O–H groups in total. The van der Waals surface area contributed by atoms with Crippen LogP contribution in [0.5, 0.6) is 0 Å². The van der Waals surface area contributed by atoms with Crippen molar-refractivity contribution in [3.8, 4) is 0 Å². The van der Waals surface area contributed by atoms with Gasteiger partial charge in [-0.25, -0.2) is 0 Å². The number of aliphatic hydroxyl groups is 1. The highest BCUT2D eigenvalue weighted by atomic mass is 16.3. The molecule has 1 heterocycles. The van der Waals surface area contributed by atoms with Gasteiger partial charge in [-0.3, -0.25) is 0 Å². The molecule has 1 saturated carbocycles. The lowest BCUT2D eigenvalue weighted by molar-refractivity contribution is 0.116. The first-order chi connectivity index (χ1) is 8.84. The predicted octanol–water partition coefficient (Wildman–Crippen LogP) is 2.35. The summed E-state index contributed by atoms with van der Waals surface area (Å²) in [5.74, 6) is 0.777. The minimum Gasteiger partial charge on any atom is -0.391 e. The van der Waals surface area contributed by atoms with Crippen LogP contribution in [-0.2, 0) is 0 Å². The number of benzene rings is 1. The maximum atomic E-state index is 9.99. The van der Waals surface area contributed by atoms with E-state index < -0.39 is 0 Å². The summed E-state index contributed by atoms with van der Waals surface area (Å²) in [7, 11) is 0. The molecule has 18 heavy (non-hydrogen) atoms. The summed E-state index contributed by atoms with van der Waals surface area (Å²) in [6.07, 6.45) is 5.62. The highest BCUT2D eigenvalue weighted by molar-refractivity contribution is 5.90. The van der Waals surface area contributed by atoms with Gasteiger partial charge in [-0.15, -0.1) is 5.10 Å². The molecule has 1 aliphatic rings. The normalized spacial score (nSPS) is 24.1. The Hall–Kier alpha value is -1.68. The van der Waals surface area contributed by atoms with E-state index in [1.165, 1.54) is 0 Å². The van der Waals surface area contributed by atoms with E-state index in [9.17, 15) is 5.11 Å². The van der Waals surface area contributed by atoms with Crippen molar-refractivity contribution in [3.63, 3.8) is 0 Å². The average Bonchev–Trinajstić information content (AvgIpc) is 2.42. The fourth-order valence-electron chi connectivity index (χ4n) is 2.59. The molecule has 0 radical (unpaired) electrons. The second-order valence-corrected chi connectivity index (χ2v) is 4.88. The van der Waals surface area contributed by atoms with E-state index in [0.717, 1.165) is 42.3 Å². The third kappa shape index (κ3) is 2.16. The number of aliphatic hydroxyl groups excluding tert-OH is 1. The van der Waals surface area contributed by atoms with Crippen molar-refractivity contribution in [3.05, 3.63) is 30.5 Å². The van der Waals surface area contributed by atoms with Crippen molar-refractivity contribution in [2.24, 2.45) is 0 Å². The number of hydrogen-bond donors (Lipinski definition) is 2. The van der Waals surface area contributed by atoms with Gasteiger partial charge in [0.05, 0.1) is 18.3 Å². The van der Waals surface area contributed by atoms with Crippen LogP contribution in [0.1, 0.15) is 25.7 Å². The highest BCUT2D eigenvalue weighted by Gasteiger charge is 2.23. The first kappa shape index (κ1) is 11.4. The van der Waals surface area contributed by atoms with Crippen LogP contribution < -0.4 is 5.32 Å². The molecular formula is C14H17N3O. The summed E-state index contributed by atoms with van der Waals surface area (Å²) in [6, 6.07) is 8.13. The summed E-state index contributed by atoms with van der Waals surface area (Å²) >= 11 is 0. The number of nitrogens with zero attached hydrogens (tertiary/aromatic N) is 2. The zero-order chi connectivity index (χ0) is 12.4. The summed E-state index contributed by atoms with van der Waals surface area (Å²) in [5.41, 5.74) is 0. The Morgan fingerprint density at radius 3 is 2.89 bits per heavy atom. The number of rotatable bonds is 2. The average molecular weight is 243 g/mol. The molecule has 0 spiro atoms. The highest BCUT2D eigenvalue weighted by Crippen LogP contribution is 2.25. The van der Waals surface area contributed by atoms with E-state index in [1.54, 1.807) is 6.20 Å². The maximum Gasteiger partial charge on any atom is 0.156 e. The van der Waals surface area contributed by atoms with Crippen molar-refractivity contribution in [1.29, 1.82) is 0 Å². The van der Waals surface area contributed by atoms with Crippen molar-refractivity contribution in [1.82, 2.24) is 10.2 Å². The topological polar surface area (TPSA) is 58.0 Å². The number of anilines is 1. The number of fused-ring (bicyclic) bond motifs is 1. The molecule has 2 aromatic rings. The van der Waals surface area contributed by atoms with E-state index >= 15 is 0 Å². The van der Waals surface area contributed by atoms with Crippen LogP contribution in [0.15, 0.2) is 30.5 Å². The SMILES string of the molecule is OC1CCCCC1Nc1nncc2ccccc12. The van der Waals surface area contributed by atoms with Gasteiger partial charge in [0, 0.05) is 10.8 Å². The van der Waals surface area contributed by atoms with Crippen molar-refractivity contribution in [2.75, 3.05) is 5.32 Å². The fourth-order valence-corrected chi connectivity index (χ4v) is 2.59. The molecular weight excluding hydrogens is 226 g/mol. The van der Waals surface area contributed by atoms with Gasteiger partial charge in [0.2, 0.25) is 0 Å². The van der Waals surface area contributed by atoms with Crippen LogP contribution in [0.25, 0.3) is 10.8 Å². The lowest BCUT2D eigenvalue weighted by atomic mass is 9.92. The van der Waals surface area contributed by atoms with E-state index in [0.29, 0.717) is 0 Å². The second kappa shape index (κ2) is 4.90. The van der Waals surface area contributed by atoms with Crippen molar-refractivity contribution in [2.45, 2.75) is 37.8 Å². The van der Waals surface area contributed by atoms with Crippen molar-refractivity contribution < 1.29 is 5.11 Å². The molecule has 3 rings (SSSR count). The lowest BCUT2D eigenvalue weighted by Crippen LogP contribution is -2.36. The minimum atomic E-state index is -0.278. The van der Waals surface area contributed by atoms with Gasteiger partial charge in [0.1, 0.15) is 0 Å². The molecule has 4 heteroatoms. The number of aromatic nitrogens is 2. The lowest BCUT2D eigenvalue weighted by Gasteiger charge is -2.28. The van der Waals surface area contributed by atoms with Gasteiger partial charge in [-0.05, 0) is 12.8 Å². The van der Waals surface area contributed by atoms with E-state index in [1.807, 2.05) is 24.3 Å². The van der Waals surface area contributed by atoms with E-state index in [4.69, 9.17) is 0 Å². The van der Waals surface area contributed by atoms with Gasteiger partial charge < -0.3 is 10.4 Å². The minimum absolute atomic E-state index is 0.0962. The Balaban J connectivity index is 1.90. The Labute approximate surface area is 106 Å². The summed E-state index contributed by atoms with van der Waals surface area (Å²) in [4.78, 5) is 0. The zero-order valence-electron chi connectivity index (χ0n) is 10.2.